The number of sulfonamides is 1. The van der Waals surface area contributed by atoms with Crippen molar-refractivity contribution < 1.29 is 17.9 Å². The zero-order valence-electron chi connectivity index (χ0n) is 16.9. The summed E-state index contributed by atoms with van der Waals surface area (Å²) < 4.78 is 33.8. The number of rotatable bonds is 6. The summed E-state index contributed by atoms with van der Waals surface area (Å²) in [5, 5.41) is 7.19. The van der Waals surface area contributed by atoms with Crippen LogP contribution in [0.5, 0.6) is 5.75 Å². The van der Waals surface area contributed by atoms with Crippen LogP contribution in [0.2, 0.25) is 5.02 Å². The van der Waals surface area contributed by atoms with Gasteiger partial charge in [0.25, 0.3) is 15.9 Å². The molecule has 1 N–H and O–H groups in total. The van der Waals surface area contributed by atoms with Crippen LogP contribution < -0.4 is 14.4 Å². The third-order valence-corrected chi connectivity index (χ3v) is 6.54. The van der Waals surface area contributed by atoms with Crippen molar-refractivity contribution >= 4 is 39.0 Å². The second-order valence-corrected chi connectivity index (χ2v) is 9.00. The fraction of sp³-hybridized carbons (Fsp3) is 0.200. The van der Waals surface area contributed by atoms with Gasteiger partial charge in [0.1, 0.15) is 11.3 Å². The Morgan fingerprint density at radius 3 is 2.50 bits per heavy atom. The number of nitrogens with zero attached hydrogens (tertiary/aromatic N) is 3. The molecule has 0 saturated carbocycles. The van der Waals surface area contributed by atoms with Crippen LogP contribution in [0.15, 0.2) is 53.6 Å². The number of halogens is 1. The second-order valence-electron chi connectivity index (χ2n) is 6.59. The molecule has 0 aliphatic rings. The first-order chi connectivity index (χ1) is 14.1. The van der Waals surface area contributed by atoms with Gasteiger partial charge in [0.2, 0.25) is 0 Å². The Kier molecular flexibility index (Phi) is 6.04. The van der Waals surface area contributed by atoms with E-state index in [0.717, 1.165) is 9.87 Å². The first-order valence-corrected chi connectivity index (χ1v) is 10.7. The summed E-state index contributed by atoms with van der Waals surface area (Å²) >= 11 is 6.02. The first kappa shape index (κ1) is 21.7. The van der Waals surface area contributed by atoms with E-state index >= 15 is 0 Å². The number of anilines is 2. The van der Waals surface area contributed by atoms with Crippen LogP contribution >= 0.6 is 11.6 Å². The quantitative estimate of drug-likeness (QED) is 0.623. The summed E-state index contributed by atoms with van der Waals surface area (Å²) in [5.41, 5.74) is 1.37. The Hall–Kier alpha value is -3.04. The van der Waals surface area contributed by atoms with E-state index in [1.54, 1.807) is 37.4 Å². The zero-order chi connectivity index (χ0) is 22.1. The number of carbonyl (C=O) groups is 1. The van der Waals surface area contributed by atoms with Crippen LogP contribution in [0.25, 0.3) is 0 Å². The predicted molar refractivity (Wildman–Crippen MR) is 116 cm³/mol. The average molecular weight is 449 g/mol. The number of hydrogen-bond acceptors (Lipinski definition) is 5. The molecular weight excluding hydrogens is 428 g/mol. The Morgan fingerprint density at radius 1 is 1.20 bits per heavy atom. The van der Waals surface area contributed by atoms with E-state index in [0.29, 0.717) is 16.5 Å². The Labute approximate surface area is 180 Å². The van der Waals surface area contributed by atoms with Gasteiger partial charge in [0, 0.05) is 19.1 Å². The third kappa shape index (κ3) is 4.12. The molecule has 1 aromatic heterocycles. The SMILES string of the molecule is COc1ccc(Cl)cc1NC(=O)c1cnn(C)c1N(C)S(=O)(=O)c1ccc(C)cc1. The van der Waals surface area contributed by atoms with Crippen LogP contribution in [0, 0.1) is 6.92 Å². The van der Waals surface area contributed by atoms with E-state index in [1.165, 1.54) is 37.2 Å². The van der Waals surface area contributed by atoms with Crippen molar-refractivity contribution in [2.75, 3.05) is 23.8 Å². The van der Waals surface area contributed by atoms with Crippen molar-refractivity contribution in [3.8, 4) is 5.75 Å². The van der Waals surface area contributed by atoms with Crippen LogP contribution in [0.3, 0.4) is 0 Å². The summed E-state index contributed by atoms with van der Waals surface area (Å²) in [7, 11) is 0.506. The molecule has 0 fully saturated rings. The minimum absolute atomic E-state index is 0.0812. The maximum Gasteiger partial charge on any atom is 0.265 e. The van der Waals surface area contributed by atoms with E-state index in [2.05, 4.69) is 10.4 Å². The van der Waals surface area contributed by atoms with Crippen molar-refractivity contribution in [3.63, 3.8) is 0 Å². The van der Waals surface area contributed by atoms with Crippen molar-refractivity contribution in [3.05, 3.63) is 64.8 Å². The van der Waals surface area contributed by atoms with E-state index < -0.39 is 15.9 Å². The number of ether oxygens (including phenoxy) is 1. The lowest BCUT2D eigenvalue weighted by Crippen LogP contribution is -2.30. The molecule has 10 heteroatoms. The molecule has 30 heavy (non-hydrogen) atoms. The molecule has 0 unspecified atom stereocenters. The van der Waals surface area contributed by atoms with E-state index in [9.17, 15) is 13.2 Å². The predicted octanol–water partition coefficient (Wildman–Crippen LogP) is 3.47. The Balaban J connectivity index is 1.97. The van der Waals surface area contributed by atoms with Crippen molar-refractivity contribution in [1.29, 1.82) is 0 Å². The Bertz CT molecular complexity index is 1190. The molecule has 1 amide bonds. The summed E-state index contributed by atoms with van der Waals surface area (Å²) in [6.45, 7) is 1.87. The normalized spacial score (nSPS) is 11.2. The van der Waals surface area contributed by atoms with Gasteiger partial charge >= 0.3 is 0 Å². The molecule has 0 aliphatic heterocycles. The molecular formula is C20H21ClN4O4S. The topological polar surface area (TPSA) is 93.5 Å². The van der Waals surface area contributed by atoms with Crippen LogP contribution in [-0.4, -0.2) is 38.3 Å². The molecule has 3 rings (SSSR count). The highest BCUT2D eigenvalue weighted by Crippen LogP contribution is 2.30. The maximum absolute atomic E-state index is 13.1. The number of aryl methyl sites for hydroxylation is 2. The van der Waals surface area contributed by atoms with Crippen molar-refractivity contribution in [2.24, 2.45) is 7.05 Å². The molecule has 0 bridgehead atoms. The summed E-state index contributed by atoms with van der Waals surface area (Å²) in [4.78, 5) is 13.1. The van der Waals surface area contributed by atoms with Crippen molar-refractivity contribution in [1.82, 2.24) is 9.78 Å². The van der Waals surface area contributed by atoms with E-state index in [-0.39, 0.29) is 16.3 Å². The Morgan fingerprint density at radius 2 is 1.87 bits per heavy atom. The zero-order valence-corrected chi connectivity index (χ0v) is 18.5. The minimum Gasteiger partial charge on any atom is -0.495 e. The number of amides is 1. The van der Waals surface area contributed by atoms with E-state index in [1.807, 2.05) is 6.92 Å². The first-order valence-electron chi connectivity index (χ1n) is 8.87. The van der Waals surface area contributed by atoms with Crippen LogP contribution in [0.1, 0.15) is 15.9 Å². The highest BCUT2D eigenvalue weighted by Gasteiger charge is 2.28. The largest absolute Gasteiger partial charge is 0.495 e. The number of methoxy groups -OCH3 is 1. The fourth-order valence-corrected chi connectivity index (χ4v) is 4.33. The van der Waals surface area contributed by atoms with Crippen LogP contribution in [-0.2, 0) is 17.1 Å². The van der Waals surface area contributed by atoms with Gasteiger partial charge in [-0.25, -0.2) is 8.42 Å². The molecule has 3 aromatic rings. The molecule has 0 radical (unpaired) electrons. The van der Waals surface area contributed by atoms with E-state index in [4.69, 9.17) is 16.3 Å². The number of carbonyl (C=O) groups excluding carboxylic acids is 1. The number of nitrogens with one attached hydrogen (secondary N) is 1. The molecule has 2 aromatic carbocycles. The molecule has 1 heterocycles. The smallest absolute Gasteiger partial charge is 0.265 e. The van der Waals surface area contributed by atoms with Gasteiger partial charge < -0.3 is 10.1 Å². The van der Waals surface area contributed by atoms with Crippen LogP contribution in [0.4, 0.5) is 11.5 Å². The van der Waals surface area contributed by atoms with Gasteiger partial charge in [-0.2, -0.15) is 5.10 Å². The fourth-order valence-electron chi connectivity index (χ4n) is 2.91. The lowest BCUT2D eigenvalue weighted by atomic mass is 10.2. The standard InChI is InChI=1S/C20H21ClN4O4S/c1-13-5-8-15(9-6-13)30(27,28)25(3)20-16(12-22-24(20)2)19(26)23-17-11-14(21)7-10-18(17)29-4/h5-12H,1-4H3,(H,23,26). The highest BCUT2D eigenvalue weighted by molar-refractivity contribution is 7.92. The number of hydrogen-bond donors (Lipinski definition) is 1. The average Bonchev–Trinajstić information content (AvgIpc) is 3.09. The monoisotopic (exact) mass is 448 g/mol. The number of benzene rings is 2. The third-order valence-electron chi connectivity index (χ3n) is 4.54. The van der Waals surface area contributed by atoms with Crippen molar-refractivity contribution in [2.45, 2.75) is 11.8 Å². The van der Waals surface area contributed by atoms with Gasteiger partial charge in [-0.05, 0) is 37.3 Å². The summed E-state index contributed by atoms with van der Waals surface area (Å²) in [5.74, 6) is -0.0162. The molecule has 0 saturated heterocycles. The van der Waals surface area contributed by atoms with Gasteiger partial charge in [-0.1, -0.05) is 29.3 Å². The lowest BCUT2D eigenvalue weighted by molar-refractivity contribution is 0.102. The molecule has 0 spiro atoms. The lowest BCUT2D eigenvalue weighted by Gasteiger charge is -2.21. The molecule has 158 valence electrons. The molecule has 8 nitrogen and oxygen atoms in total. The molecule has 0 atom stereocenters. The second kappa shape index (κ2) is 8.37. The highest BCUT2D eigenvalue weighted by atomic mass is 35.5. The van der Waals surface area contributed by atoms with Gasteiger partial charge in [-0.3, -0.25) is 13.8 Å². The molecule has 0 aliphatic carbocycles. The van der Waals surface area contributed by atoms with Gasteiger partial charge in [-0.15, -0.1) is 0 Å². The number of aromatic nitrogens is 2. The van der Waals surface area contributed by atoms with Gasteiger partial charge in [0.05, 0.1) is 23.9 Å². The van der Waals surface area contributed by atoms with Gasteiger partial charge in [0.15, 0.2) is 5.82 Å². The maximum atomic E-state index is 13.1. The summed E-state index contributed by atoms with van der Waals surface area (Å²) in [6.07, 6.45) is 1.31. The minimum atomic E-state index is -3.90. The summed E-state index contributed by atoms with van der Waals surface area (Å²) in [6, 6.07) is 11.3.